The van der Waals surface area contributed by atoms with E-state index in [4.69, 9.17) is 15.3 Å². The van der Waals surface area contributed by atoms with Gasteiger partial charge in [0.25, 0.3) is 11.0 Å². The van der Waals surface area contributed by atoms with Gasteiger partial charge in [0.05, 0.1) is 12.5 Å². The maximum atomic E-state index is 12.4. The summed E-state index contributed by atoms with van der Waals surface area (Å²) in [6.45, 7) is 2.41. The van der Waals surface area contributed by atoms with Crippen molar-refractivity contribution < 1.29 is 25.0 Å². The average molecular weight is 358 g/mol. The Bertz CT molecular complexity index is 815. The van der Waals surface area contributed by atoms with Crippen molar-refractivity contribution in [2.45, 2.75) is 25.8 Å². The van der Waals surface area contributed by atoms with E-state index in [1.165, 1.54) is 0 Å². The maximum absolute atomic E-state index is 12.4. The highest BCUT2D eigenvalue weighted by molar-refractivity contribution is 6.09. The summed E-state index contributed by atoms with van der Waals surface area (Å²) in [5.74, 6) is -1.32. The van der Waals surface area contributed by atoms with Gasteiger partial charge in [-0.1, -0.05) is 37.3 Å². The van der Waals surface area contributed by atoms with Gasteiger partial charge in [-0.15, -0.1) is 10.1 Å². The fourth-order valence-electron chi connectivity index (χ4n) is 2.90. The molecule has 2 N–H and O–H groups in total. The number of fused-ring (bicyclic) bond motifs is 1. The Balaban J connectivity index is 0.000000552. The van der Waals surface area contributed by atoms with E-state index in [2.05, 4.69) is 0 Å². The molecule has 26 heavy (non-hydrogen) atoms. The number of anilines is 1. The summed E-state index contributed by atoms with van der Waals surface area (Å²) in [5.41, 5.74) is 3.32. The van der Waals surface area contributed by atoms with Crippen LogP contribution in [0.3, 0.4) is 0 Å². The van der Waals surface area contributed by atoms with Gasteiger partial charge in [0.1, 0.15) is 0 Å². The van der Waals surface area contributed by atoms with E-state index < -0.39 is 17.0 Å². The molecule has 0 saturated carbocycles. The molecule has 0 saturated heterocycles. The first-order chi connectivity index (χ1) is 12.3. The zero-order chi connectivity index (χ0) is 19.3. The number of amides is 1. The lowest BCUT2D eigenvalue weighted by atomic mass is 9.96. The molecular formula is C18H18N2O6. The molecule has 136 valence electrons. The van der Waals surface area contributed by atoms with E-state index >= 15 is 0 Å². The monoisotopic (exact) mass is 358 g/mol. The normalized spacial score (nSPS) is 13.4. The van der Waals surface area contributed by atoms with Crippen molar-refractivity contribution in [3.63, 3.8) is 0 Å². The molecule has 1 heterocycles. The van der Waals surface area contributed by atoms with Gasteiger partial charge in [0.15, 0.2) is 0 Å². The summed E-state index contributed by atoms with van der Waals surface area (Å²) in [7, 11) is 0. The lowest BCUT2D eigenvalue weighted by molar-refractivity contribution is -0.742. The summed E-state index contributed by atoms with van der Waals surface area (Å²) in [6.07, 6.45) is 0.544. The molecule has 8 nitrogen and oxygen atoms in total. The molecule has 0 bridgehead atoms. The lowest BCUT2D eigenvalue weighted by Gasteiger charge is -2.17. The quantitative estimate of drug-likeness (QED) is 0.640. The van der Waals surface area contributed by atoms with Crippen molar-refractivity contribution in [3.8, 4) is 0 Å². The van der Waals surface area contributed by atoms with Crippen molar-refractivity contribution in [2.75, 3.05) is 4.90 Å². The molecule has 0 fully saturated rings. The lowest BCUT2D eigenvalue weighted by Crippen LogP contribution is -2.23. The second-order valence-corrected chi connectivity index (χ2v) is 5.68. The number of carboxylic acids is 1. The number of hydrogen-bond donors (Lipinski definition) is 2. The molecule has 2 aromatic carbocycles. The van der Waals surface area contributed by atoms with Crippen LogP contribution in [0.4, 0.5) is 5.69 Å². The molecule has 1 aliphatic heterocycles. The van der Waals surface area contributed by atoms with Crippen LogP contribution in [0.25, 0.3) is 0 Å². The molecule has 3 rings (SSSR count). The first-order valence-corrected chi connectivity index (χ1v) is 7.91. The summed E-state index contributed by atoms with van der Waals surface area (Å²) in [5, 5.41) is 22.8. The number of carbonyl (C=O) groups excluding carboxylic acids is 1. The molecule has 1 atom stereocenters. The molecule has 0 aliphatic carbocycles. The topological polar surface area (TPSA) is 121 Å². The van der Waals surface area contributed by atoms with E-state index in [1.54, 1.807) is 17.0 Å². The highest BCUT2D eigenvalue weighted by atomic mass is 16.9. The van der Waals surface area contributed by atoms with E-state index in [9.17, 15) is 14.7 Å². The predicted octanol–water partition coefficient (Wildman–Crippen LogP) is 3.08. The zero-order valence-electron chi connectivity index (χ0n) is 14.0. The van der Waals surface area contributed by atoms with Crippen LogP contribution in [0, 0.1) is 10.1 Å². The highest BCUT2D eigenvalue weighted by Gasteiger charge is 2.28. The molecule has 1 aliphatic rings. The smallest absolute Gasteiger partial charge is 0.310 e. The first-order valence-electron chi connectivity index (χ1n) is 7.91. The van der Waals surface area contributed by atoms with Crippen LogP contribution in [0.1, 0.15) is 40.7 Å². The second-order valence-electron chi connectivity index (χ2n) is 5.68. The summed E-state index contributed by atoms with van der Waals surface area (Å²) in [4.78, 5) is 33.7. The summed E-state index contributed by atoms with van der Waals surface area (Å²) < 4.78 is 0. The first kappa shape index (κ1) is 18.9. The third kappa shape index (κ3) is 4.15. The van der Waals surface area contributed by atoms with Crippen LogP contribution in [-0.2, 0) is 11.3 Å². The molecule has 2 aromatic rings. The number of hydrogen-bond acceptors (Lipinski definition) is 4. The minimum Gasteiger partial charge on any atom is -0.481 e. The average Bonchev–Trinajstić information content (AvgIpc) is 2.93. The second kappa shape index (κ2) is 8.11. The molecule has 0 radical (unpaired) electrons. The standard InChI is InChI=1S/C18H17NO3.HNO3/c1-2-15(18(21)22)12-7-9-14(10-8-12)19-11-13-5-3-4-6-16(13)17(19)20;2-1(3)4/h3-10,15H,2,11H2,1H3,(H,21,22);(H,2,3,4). The fraction of sp³-hybridized carbons (Fsp3) is 0.222. The van der Waals surface area contributed by atoms with Crippen molar-refractivity contribution in [2.24, 2.45) is 0 Å². The Hall–Kier alpha value is -3.42. The van der Waals surface area contributed by atoms with Crippen LogP contribution in [0.15, 0.2) is 48.5 Å². The van der Waals surface area contributed by atoms with Gasteiger partial charge < -0.3 is 15.2 Å². The van der Waals surface area contributed by atoms with Gasteiger partial charge in [-0.05, 0) is 35.7 Å². The van der Waals surface area contributed by atoms with Crippen LogP contribution < -0.4 is 4.90 Å². The Morgan fingerprint density at radius 2 is 1.81 bits per heavy atom. The molecular weight excluding hydrogens is 340 g/mol. The van der Waals surface area contributed by atoms with Gasteiger partial charge in [-0.25, -0.2) is 0 Å². The number of carboxylic acid groups (broad SMARTS) is 1. The number of benzene rings is 2. The zero-order valence-corrected chi connectivity index (χ0v) is 14.0. The SMILES string of the molecule is CCC(C(=O)O)c1ccc(N2Cc3ccccc3C2=O)cc1.O=[N+]([O-])O. The van der Waals surface area contributed by atoms with Crippen molar-refractivity contribution >= 4 is 17.6 Å². The van der Waals surface area contributed by atoms with E-state index in [0.29, 0.717) is 13.0 Å². The Labute approximate surface area is 149 Å². The minimum atomic E-state index is -1.50. The van der Waals surface area contributed by atoms with Gasteiger partial charge in [0.2, 0.25) is 0 Å². The maximum Gasteiger partial charge on any atom is 0.310 e. The van der Waals surface area contributed by atoms with Crippen molar-refractivity contribution in [1.29, 1.82) is 0 Å². The molecule has 1 amide bonds. The molecule has 8 heteroatoms. The number of carbonyl (C=O) groups is 2. The van der Waals surface area contributed by atoms with Gasteiger partial charge in [0, 0.05) is 11.3 Å². The van der Waals surface area contributed by atoms with E-state index in [1.807, 2.05) is 43.3 Å². The van der Waals surface area contributed by atoms with E-state index in [0.717, 1.165) is 22.4 Å². The Morgan fingerprint density at radius 1 is 1.23 bits per heavy atom. The van der Waals surface area contributed by atoms with Gasteiger partial charge in [-0.2, -0.15) is 0 Å². The number of aliphatic carboxylic acids is 1. The third-order valence-corrected chi connectivity index (χ3v) is 4.13. The van der Waals surface area contributed by atoms with Crippen LogP contribution >= 0.6 is 0 Å². The Kier molecular flexibility index (Phi) is 5.90. The minimum absolute atomic E-state index is 0.00590. The molecule has 0 spiro atoms. The van der Waals surface area contributed by atoms with Gasteiger partial charge in [-0.3, -0.25) is 9.59 Å². The predicted molar refractivity (Wildman–Crippen MR) is 92.8 cm³/mol. The van der Waals surface area contributed by atoms with Crippen molar-refractivity contribution in [1.82, 2.24) is 0 Å². The summed E-state index contributed by atoms with van der Waals surface area (Å²) >= 11 is 0. The molecule has 1 unspecified atom stereocenters. The fourth-order valence-corrected chi connectivity index (χ4v) is 2.90. The van der Waals surface area contributed by atoms with Crippen molar-refractivity contribution in [3.05, 3.63) is 75.3 Å². The largest absolute Gasteiger partial charge is 0.481 e. The van der Waals surface area contributed by atoms with Crippen LogP contribution in [-0.4, -0.2) is 27.3 Å². The Morgan fingerprint density at radius 3 is 2.31 bits per heavy atom. The van der Waals surface area contributed by atoms with Crippen LogP contribution in [0.2, 0.25) is 0 Å². The summed E-state index contributed by atoms with van der Waals surface area (Å²) in [6, 6.07) is 14.8. The van der Waals surface area contributed by atoms with Crippen LogP contribution in [0.5, 0.6) is 0 Å². The van der Waals surface area contributed by atoms with E-state index in [-0.39, 0.29) is 5.91 Å². The number of nitrogens with zero attached hydrogens (tertiary/aromatic N) is 2. The van der Waals surface area contributed by atoms with Gasteiger partial charge >= 0.3 is 5.97 Å². The molecule has 0 aromatic heterocycles. The highest BCUT2D eigenvalue weighted by Crippen LogP contribution is 2.29. The third-order valence-electron chi connectivity index (χ3n) is 4.13. The number of rotatable bonds is 4.